The molecule has 0 bridgehead atoms. The Morgan fingerprint density at radius 3 is 2.52 bits per heavy atom. The average molecular weight is 454 g/mol. The number of oxazole rings is 1. The van der Waals surface area contributed by atoms with Crippen LogP contribution in [0.4, 0.5) is 0 Å². The van der Waals surface area contributed by atoms with Crippen LogP contribution in [0.15, 0.2) is 57.9 Å². The summed E-state index contributed by atoms with van der Waals surface area (Å²) in [5.41, 5.74) is 3.56. The Morgan fingerprint density at radius 1 is 1.00 bits per heavy atom. The van der Waals surface area contributed by atoms with Crippen molar-refractivity contribution in [3.63, 3.8) is 0 Å². The number of benzene rings is 2. The van der Waals surface area contributed by atoms with Crippen molar-refractivity contribution in [1.82, 2.24) is 14.1 Å². The first-order valence-electron chi connectivity index (χ1n) is 9.52. The minimum Gasteiger partial charge on any atom is -0.438 e. The average Bonchev–Trinajstić information content (AvgIpc) is 3.34. The molecule has 0 aliphatic rings. The highest BCUT2D eigenvalue weighted by molar-refractivity contribution is 6.36. The molecule has 3 heterocycles. The van der Waals surface area contributed by atoms with E-state index in [0.29, 0.717) is 26.9 Å². The van der Waals surface area contributed by atoms with Crippen molar-refractivity contribution in [2.75, 3.05) is 0 Å². The summed E-state index contributed by atoms with van der Waals surface area (Å²) in [5, 5.41) is 12.0. The molecule has 0 saturated carbocycles. The summed E-state index contributed by atoms with van der Waals surface area (Å²) in [6.07, 6.45) is 1.59. The first kappa shape index (κ1) is 19.9. The molecule has 0 spiro atoms. The van der Waals surface area contributed by atoms with E-state index in [9.17, 15) is 9.90 Å². The topological polar surface area (TPSA) is 73.2 Å². The van der Waals surface area contributed by atoms with Crippen LogP contribution in [0.25, 0.3) is 44.4 Å². The molecule has 0 aliphatic carbocycles. The molecule has 1 N–H and O–H groups in total. The number of halogens is 2. The van der Waals surface area contributed by atoms with Crippen LogP contribution in [0, 0.1) is 0 Å². The van der Waals surface area contributed by atoms with Gasteiger partial charge in [-0.15, -0.1) is 0 Å². The van der Waals surface area contributed by atoms with Gasteiger partial charge in [0.1, 0.15) is 12.3 Å². The Labute approximate surface area is 186 Å². The number of hydrogen-bond donors (Lipinski definition) is 1. The maximum Gasteiger partial charge on any atom is 0.259 e. The van der Waals surface area contributed by atoms with Crippen molar-refractivity contribution in [3.05, 3.63) is 75.0 Å². The zero-order valence-corrected chi connectivity index (χ0v) is 18.2. The monoisotopic (exact) mass is 453 g/mol. The summed E-state index contributed by atoms with van der Waals surface area (Å²) in [7, 11) is 3.68. The van der Waals surface area contributed by atoms with Gasteiger partial charge < -0.3 is 14.1 Å². The van der Waals surface area contributed by atoms with Crippen LogP contribution >= 0.6 is 23.2 Å². The van der Waals surface area contributed by atoms with Crippen LogP contribution in [0.2, 0.25) is 10.0 Å². The summed E-state index contributed by atoms with van der Waals surface area (Å²) >= 11 is 12.4. The van der Waals surface area contributed by atoms with E-state index in [4.69, 9.17) is 27.6 Å². The second-order valence-electron chi connectivity index (χ2n) is 7.35. The molecule has 8 heteroatoms. The standard InChI is InChI=1S/C23H17Cl2N3O3/c1-27-19-6-3-12(20-10-26-21(11-29)31-20)7-15(19)16-9-17(23(30)28(2)22(16)27)14-5-4-13(24)8-18(14)25/h3-10,29H,11H2,1-2H3. The lowest BCUT2D eigenvalue weighted by molar-refractivity contribution is 0.241. The van der Waals surface area contributed by atoms with E-state index >= 15 is 0 Å². The second kappa shape index (κ2) is 7.27. The largest absolute Gasteiger partial charge is 0.438 e. The Hall–Kier alpha value is -3.06. The highest BCUT2D eigenvalue weighted by atomic mass is 35.5. The number of aromatic nitrogens is 3. The molecule has 156 valence electrons. The third kappa shape index (κ3) is 3.07. The van der Waals surface area contributed by atoms with Crippen LogP contribution in [-0.4, -0.2) is 19.2 Å². The van der Waals surface area contributed by atoms with E-state index in [2.05, 4.69) is 4.98 Å². The number of hydrogen-bond acceptors (Lipinski definition) is 4. The molecule has 3 aromatic heterocycles. The van der Waals surface area contributed by atoms with Gasteiger partial charge in [-0.1, -0.05) is 29.3 Å². The molecule has 0 aliphatic heterocycles. The number of fused-ring (bicyclic) bond motifs is 3. The maximum atomic E-state index is 13.2. The van der Waals surface area contributed by atoms with Crippen LogP contribution in [0.1, 0.15) is 5.89 Å². The van der Waals surface area contributed by atoms with Gasteiger partial charge in [0.15, 0.2) is 5.76 Å². The molecular weight excluding hydrogens is 437 g/mol. The Morgan fingerprint density at radius 2 is 1.81 bits per heavy atom. The fourth-order valence-electron chi connectivity index (χ4n) is 4.06. The van der Waals surface area contributed by atoms with Crippen molar-refractivity contribution < 1.29 is 9.52 Å². The summed E-state index contributed by atoms with van der Waals surface area (Å²) in [5.74, 6) is 0.823. The van der Waals surface area contributed by atoms with Gasteiger partial charge in [0.05, 0.1) is 16.7 Å². The molecule has 31 heavy (non-hydrogen) atoms. The third-order valence-corrected chi connectivity index (χ3v) is 6.09. The molecule has 2 aromatic carbocycles. The van der Waals surface area contributed by atoms with Gasteiger partial charge in [0.2, 0.25) is 5.89 Å². The van der Waals surface area contributed by atoms with E-state index in [1.54, 1.807) is 36.0 Å². The van der Waals surface area contributed by atoms with E-state index in [0.717, 1.165) is 27.5 Å². The third-order valence-electron chi connectivity index (χ3n) is 5.54. The lowest BCUT2D eigenvalue weighted by atomic mass is 10.0. The van der Waals surface area contributed by atoms with Gasteiger partial charge in [-0.25, -0.2) is 4.98 Å². The van der Waals surface area contributed by atoms with Crippen molar-refractivity contribution in [2.24, 2.45) is 14.1 Å². The minimum absolute atomic E-state index is 0.148. The van der Waals surface area contributed by atoms with Crippen molar-refractivity contribution in [1.29, 1.82) is 0 Å². The molecule has 0 amide bonds. The normalized spacial score (nSPS) is 11.6. The molecule has 6 nitrogen and oxygen atoms in total. The lowest BCUT2D eigenvalue weighted by Gasteiger charge is -2.09. The zero-order chi connectivity index (χ0) is 21.9. The quantitative estimate of drug-likeness (QED) is 0.409. The molecule has 0 unspecified atom stereocenters. The molecule has 0 fully saturated rings. The smallest absolute Gasteiger partial charge is 0.259 e. The first-order chi connectivity index (χ1) is 14.9. The van der Waals surface area contributed by atoms with Crippen LogP contribution in [0.3, 0.4) is 0 Å². The summed E-state index contributed by atoms with van der Waals surface area (Å²) in [6.45, 7) is -0.260. The van der Waals surface area contributed by atoms with Crippen molar-refractivity contribution >= 4 is 45.1 Å². The molecular formula is C23H17Cl2N3O3. The summed E-state index contributed by atoms with van der Waals surface area (Å²) in [4.78, 5) is 17.2. The SMILES string of the molecule is Cn1c(=O)c(-c2ccc(Cl)cc2Cl)cc2c3cc(-c4cnc(CO)o4)ccc3n(C)c21. The van der Waals surface area contributed by atoms with Gasteiger partial charge in [0, 0.05) is 46.6 Å². The lowest BCUT2D eigenvalue weighted by Crippen LogP contribution is -2.20. The van der Waals surface area contributed by atoms with E-state index in [1.165, 1.54) is 0 Å². The van der Waals surface area contributed by atoms with Gasteiger partial charge >= 0.3 is 0 Å². The molecule has 0 radical (unpaired) electrons. The van der Waals surface area contributed by atoms with Crippen LogP contribution in [-0.2, 0) is 20.7 Å². The molecule has 0 atom stereocenters. The number of aliphatic hydroxyl groups is 1. The van der Waals surface area contributed by atoms with Gasteiger partial charge in [-0.3, -0.25) is 9.36 Å². The molecule has 5 rings (SSSR count). The summed E-state index contributed by atoms with van der Waals surface area (Å²) < 4.78 is 9.22. The van der Waals surface area contributed by atoms with E-state index in [1.807, 2.05) is 35.9 Å². The van der Waals surface area contributed by atoms with E-state index in [-0.39, 0.29) is 18.1 Å². The minimum atomic E-state index is -0.260. The predicted molar refractivity (Wildman–Crippen MR) is 123 cm³/mol. The number of rotatable bonds is 3. The fraction of sp³-hybridized carbons (Fsp3) is 0.130. The second-order valence-corrected chi connectivity index (χ2v) is 8.19. The maximum absolute atomic E-state index is 13.2. The Balaban J connectivity index is 1.82. The molecule has 0 saturated heterocycles. The zero-order valence-electron chi connectivity index (χ0n) is 16.7. The van der Waals surface area contributed by atoms with Gasteiger partial charge in [-0.05, 0) is 36.4 Å². The summed E-state index contributed by atoms with van der Waals surface area (Å²) in [6, 6.07) is 12.9. The first-order valence-corrected chi connectivity index (χ1v) is 10.3. The fourth-order valence-corrected chi connectivity index (χ4v) is 4.57. The van der Waals surface area contributed by atoms with Gasteiger partial charge in [0.25, 0.3) is 5.56 Å². The van der Waals surface area contributed by atoms with Crippen molar-refractivity contribution in [3.8, 4) is 22.5 Å². The van der Waals surface area contributed by atoms with Crippen LogP contribution < -0.4 is 5.56 Å². The number of nitrogens with zero attached hydrogens (tertiary/aromatic N) is 3. The van der Waals surface area contributed by atoms with Crippen molar-refractivity contribution in [2.45, 2.75) is 6.61 Å². The number of pyridine rings is 1. The Kier molecular flexibility index (Phi) is 4.66. The van der Waals surface area contributed by atoms with Gasteiger partial charge in [-0.2, -0.15) is 0 Å². The highest BCUT2D eigenvalue weighted by Crippen LogP contribution is 2.35. The Bertz CT molecular complexity index is 1550. The highest BCUT2D eigenvalue weighted by Gasteiger charge is 2.18. The molecule has 5 aromatic rings. The number of aryl methyl sites for hydroxylation is 2. The van der Waals surface area contributed by atoms with Crippen LogP contribution in [0.5, 0.6) is 0 Å². The predicted octanol–water partition coefficient (Wildman–Crippen LogP) is 5.15. The van der Waals surface area contributed by atoms with E-state index < -0.39 is 0 Å². The number of aliphatic hydroxyl groups excluding tert-OH is 1.